The van der Waals surface area contributed by atoms with Crippen LogP contribution in [0.3, 0.4) is 0 Å². The van der Waals surface area contributed by atoms with Crippen LogP contribution in [0.25, 0.3) is 0 Å². The molecule has 0 radical (unpaired) electrons. The van der Waals surface area contributed by atoms with Crippen LogP contribution in [0.2, 0.25) is 0 Å². The van der Waals surface area contributed by atoms with Crippen LogP contribution in [-0.2, 0) is 6.54 Å². The van der Waals surface area contributed by atoms with Crippen LogP contribution in [0, 0.1) is 11.3 Å². The number of alkyl halides is 1. The third-order valence-corrected chi connectivity index (χ3v) is 3.16. The normalized spacial score (nSPS) is 24.8. The van der Waals surface area contributed by atoms with E-state index in [2.05, 4.69) is 6.07 Å². The van der Waals surface area contributed by atoms with E-state index in [1.54, 1.807) is 12.1 Å². The number of likely N-dealkylation sites (tertiary alicyclic amines) is 1. The Morgan fingerprint density at radius 2 is 2.12 bits per heavy atom. The first-order chi connectivity index (χ1) is 8.22. The Morgan fingerprint density at radius 1 is 1.41 bits per heavy atom. The molecular formula is C13H15FN2O. The van der Waals surface area contributed by atoms with Gasteiger partial charge in [0, 0.05) is 19.1 Å². The van der Waals surface area contributed by atoms with Gasteiger partial charge in [-0.05, 0) is 24.1 Å². The van der Waals surface area contributed by atoms with Gasteiger partial charge in [0.1, 0.15) is 6.17 Å². The Morgan fingerprint density at radius 3 is 2.71 bits per heavy atom. The Bertz CT molecular complexity index is 412. The molecule has 0 saturated carbocycles. The zero-order valence-corrected chi connectivity index (χ0v) is 9.51. The number of aliphatic hydroxyl groups is 1. The number of hydrogen-bond donors (Lipinski definition) is 1. The minimum absolute atomic E-state index is 0.00327. The van der Waals surface area contributed by atoms with Crippen LogP contribution in [-0.4, -0.2) is 35.4 Å². The molecule has 0 spiro atoms. The summed E-state index contributed by atoms with van der Waals surface area (Å²) in [5.74, 6) is 0. The molecule has 0 unspecified atom stereocenters. The van der Waals surface area contributed by atoms with Crippen molar-refractivity contribution in [2.24, 2.45) is 0 Å². The van der Waals surface area contributed by atoms with E-state index in [9.17, 15) is 4.39 Å². The Kier molecular flexibility index (Phi) is 3.72. The molecule has 1 heterocycles. The van der Waals surface area contributed by atoms with Crippen molar-refractivity contribution < 1.29 is 9.50 Å². The summed E-state index contributed by atoms with van der Waals surface area (Å²) in [4.78, 5) is 1.95. The summed E-state index contributed by atoms with van der Waals surface area (Å²) in [5, 5.41) is 17.8. The molecule has 2 rings (SSSR count). The van der Waals surface area contributed by atoms with Crippen LogP contribution < -0.4 is 0 Å². The molecule has 1 aromatic carbocycles. The molecular weight excluding hydrogens is 219 g/mol. The highest BCUT2D eigenvalue weighted by Crippen LogP contribution is 2.22. The predicted molar refractivity (Wildman–Crippen MR) is 62.0 cm³/mol. The van der Waals surface area contributed by atoms with E-state index in [1.807, 2.05) is 17.0 Å². The van der Waals surface area contributed by atoms with E-state index in [4.69, 9.17) is 10.4 Å². The fourth-order valence-electron chi connectivity index (χ4n) is 2.23. The van der Waals surface area contributed by atoms with Gasteiger partial charge in [0.05, 0.1) is 18.2 Å². The lowest BCUT2D eigenvalue weighted by Crippen LogP contribution is -2.31. The number of benzene rings is 1. The standard InChI is InChI=1S/C13H15FN2O/c14-12-5-13(9-17)16(8-12)7-11-3-1-10(6-15)2-4-11/h1-4,12-13,17H,5,7-9H2/t12-,13-/m0/s1. The van der Waals surface area contributed by atoms with Gasteiger partial charge in [-0.15, -0.1) is 0 Å². The number of nitrogens with zero attached hydrogens (tertiary/aromatic N) is 2. The maximum atomic E-state index is 13.2. The molecule has 17 heavy (non-hydrogen) atoms. The van der Waals surface area contributed by atoms with Gasteiger partial charge in [0.2, 0.25) is 0 Å². The second-order valence-corrected chi connectivity index (χ2v) is 4.41. The van der Waals surface area contributed by atoms with Crippen molar-refractivity contribution in [3.8, 4) is 6.07 Å². The molecule has 1 aliphatic rings. The van der Waals surface area contributed by atoms with Crippen molar-refractivity contribution in [2.75, 3.05) is 13.2 Å². The Labute approximate surface area is 100 Å². The van der Waals surface area contributed by atoms with Crippen LogP contribution in [0.1, 0.15) is 17.5 Å². The molecule has 90 valence electrons. The molecule has 0 aliphatic carbocycles. The second-order valence-electron chi connectivity index (χ2n) is 4.41. The molecule has 0 aromatic heterocycles. The van der Waals surface area contributed by atoms with Crippen LogP contribution in [0.15, 0.2) is 24.3 Å². The minimum Gasteiger partial charge on any atom is -0.395 e. The summed E-state index contributed by atoms with van der Waals surface area (Å²) >= 11 is 0. The summed E-state index contributed by atoms with van der Waals surface area (Å²) in [5.41, 5.74) is 1.66. The van der Waals surface area contributed by atoms with Crippen LogP contribution in [0.5, 0.6) is 0 Å². The lowest BCUT2D eigenvalue weighted by Gasteiger charge is -2.22. The van der Waals surface area contributed by atoms with Gasteiger partial charge < -0.3 is 5.11 Å². The topological polar surface area (TPSA) is 47.3 Å². The van der Waals surface area contributed by atoms with E-state index in [1.165, 1.54) is 0 Å². The SMILES string of the molecule is N#Cc1ccc(CN2C[C@@H](F)C[C@H]2CO)cc1. The van der Waals surface area contributed by atoms with Crippen molar-refractivity contribution >= 4 is 0 Å². The molecule has 0 bridgehead atoms. The van der Waals surface area contributed by atoms with Gasteiger partial charge in [0.25, 0.3) is 0 Å². The predicted octanol–water partition coefficient (Wildman–Crippen LogP) is 1.46. The summed E-state index contributed by atoms with van der Waals surface area (Å²) < 4.78 is 13.2. The average Bonchev–Trinajstić information content (AvgIpc) is 2.70. The number of aliphatic hydroxyl groups excluding tert-OH is 1. The molecule has 1 fully saturated rings. The monoisotopic (exact) mass is 234 g/mol. The van der Waals surface area contributed by atoms with Gasteiger partial charge in [-0.25, -0.2) is 4.39 Å². The summed E-state index contributed by atoms with van der Waals surface area (Å²) in [6.45, 7) is 0.999. The zero-order valence-electron chi connectivity index (χ0n) is 9.51. The molecule has 1 aromatic rings. The van der Waals surface area contributed by atoms with E-state index in [0.717, 1.165) is 5.56 Å². The third kappa shape index (κ3) is 2.82. The molecule has 1 N–H and O–H groups in total. The number of halogens is 1. The lowest BCUT2D eigenvalue weighted by atomic mass is 10.1. The maximum Gasteiger partial charge on any atom is 0.114 e. The van der Waals surface area contributed by atoms with Gasteiger partial charge in [0.15, 0.2) is 0 Å². The second kappa shape index (κ2) is 5.26. The number of hydrogen-bond acceptors (Lipinski definition) is 3. The van der Waals surface area contributed by atoms with Crippen molar-refractivity contribution in [3.05, 3.63) is 35.4 Å². The fraction of sp³-hybridized carbons (Fsp3) is 0.462. The number of rotatable bonds is 3. The Balaban J connectivity index is 2.02. The highest BCUT2D eigenvalue weighted by molar-refractivity contribution is 5.31. The van der Waals surface area contributed by atoms with Crippen molar-refractivity contribution in [1.82, 2.24) is 4.90 Å². The van der Waals surface area contributed by atoms with E-state index in [-0.39, 0.29) is 12.6 Å². The smallest absolute Gasteiger partial charge is 0.114 e. The fourth-order valence-corrected chi connectivity index (χ4v) is 2.23. The highest BCUT2D eigenvalue weighted by Gasteiger charge is 2.31. The highest BCUT2D eigenvalue weighted by atomic mass is 19.1. The minimum atomic E-state index is -0.842. The van der Waals surface area contributed by atoms with Crippen molar-refractivity contribution in [2.45, 2.75) is 25.2 Å². The first kappa shape index (κ1) is 12.0. The quantitative estimate of drug-likeness (QED) is 0.861. The van der Waals surface area contributed by atoms with Crippen molar-refractivity contribution in [3.63, 3.8) is 0 Å². The molecule has 4 heteroatoms. The zero-order chi connectivity index (χ0) is 12.3. The van der Waals surface area contributed by atoms with E-state index in [0.29, 0.717) is 25.1 Å². The van der Waals surface area contributed by atoms with E-state index < -0.39 is 6.17 Å². The lowest BCUT2D eigenvalue weighted by molar-refractivity contribution is 0.153. The average molecular weight is 234 g/mol. The van der Waals surface area contributed by atoms with Crippen molar-refractivity contribution in [1.29, 1.82) is 5.26 Å². The first-order valence-corrected chi connectivity index (χ1v) is 5.71. The maximum absolute atomic E-state index is 13.2. The molecule has 2 atom stereocenters. The molecule has 1 saturated heterocycles. The Hall–Kier alpha value is -1.44. The van der Waals surface area contributed by atoms with Gasteiger partial charge in [-0.2, -0.15) is 5.26 Å². The summed E-state index contributed by atoms with van der Waals surface area (Å²) in [6.07, 6.45) is -0.433. The number of nitriles is 1. The van der Waals surface area contributed by atoms with Gasteiger partial charge >= 0.3 is 0 Å². The van der Waals surface area contributed by atoms with Gasteiger partial charge in [-0.1, -0.05) is 12.1 Å². The van der Waals surface area contributed by atoms with Crippen LogP contribution in [0.4, 0.5) is 4.39 Å². The molecule has 3 nitrogen and oxygen atoms in total. The molecule has 1 aliphatic heterocycles. The van der Waals surface area contributed by atoms with E-state index >= 15 is 0 Å². The third-order valence-electron chi connectivity index (χ3n) is 3.16. The summed E-state index contributed by atoms with van der Waals surface area (Å²) in [7, 11) is 0. The largest absolute Gasteiger partial charge is 0.395 e. The summed E-state index contributed by atoms with van der Waals surface area (Å²) in [6, 6.07) is 9.24. The molecule has 0 amide bonds. The van der Waals surface area contributed by atoms with Crippen LogP contribution >= 0.6 is 0 Å². The first-order valence-electron chi connectivity index (χ1n) is 5.71. The van der Waals surface area contributed by atoms with Gasteiger partial charge in [-0.3, -0.25) is 4.90 Å².